The topological polar surface area (TPSA) is 55.9 Å². The number of fused-ring (bicyclic) bond motifs is 1. The number of hydrogen-bond acceptors (Lipinski definition) is 2. The monoisotopic (exact) mass is 214 g/mol. The van der Waals surface area contributed by atoms with E-state index in [4.69, 9.17) is 11.6 Å². The van der Waals surface area contributed by atoms with Crippen LogP contribution in [0.15, 0.2) is 29.3 Å². The minimum atomic E-state index is -2.20. The van der Waals surface area contributed by atoms with Gasteiger partial charge in [0.05, 0.1) is 4.90 Å². The van der Waals surface area contributed by atoms with Crippen LogP contribution in [-0.4, -0.2) is 13.7 Å². The second-order valence-corrected chi connectivity index (χ2v) is 3.92. The van der Waals surface area contributed by atoms with Crippen LogP contribution in [-0.2, 0) is 11.1 Å². The van der Waals surface area contributed by atoms with Crippen molar-refractivity contribution in [3.05, 3.63) is 29.4 Å². The normalized spacial score (nSPS) is 13.4. The second kappa shape index (κ2) is 3.14. The maximum Gasteiger partial charge on any atom is 0.0502 e. The Labute approximate surface area is 82.0 Å². The highest BCUT2D eigenvalue weighted by Crippen LogP contribution is 2.23. The number of hydrogen-bond donors (Lipinski definition) is 1. The van der Waals surface area contributed by atoms with Crippen molar-refractivity contribution in [1.29, 1.82) is 0 Å². The van der Waals surface area contributed by atoms with Crippen molar-refractivity contribution in [1.82, 2.24) is 4.98 Å². The summed E-state index contributed by atoms with van der Waals surface area (Å²) in [5, 5.41) is 1.25. The molecule has 1 atom stereocenters. The summed E-state index contributed by atoms with van der Waals surface area (Å²) in [5.41, 5.74) is 0.728. The van der Waals surface area contributed by atoms with Gasteiger partial charge in [0.15, 0.2) is 0 Å². The van der Waals surface area contributed by atoms with Gasteiger partial charge in [0.25, 0.3) is 0 Å². The molecule has 0 bridgehead atoms. The molecule has 0 spiro atoms. The first-order valence-electron chi connectivity index (χ1n) is 3.54. The summed E-state index contributed by atoms with van der Waals surface area (Å²) in [5.74, 6) is 0. The van der Waals surface area contributed by atoms with Gasteiger partial charge in [0.2, 0.25) is 0 Å². The average Bonchev–Trinajstić information content (AvgIpc) is 2.46. The first kappa shape index (κ1) is 8.74. The fraction of sp³-hybridized carbons (Fsp3) is 0. The van der Waals surface area contributed by atoms with Gasteiger partial charge in [-0.2, -0.15) is 0 Å². The molecule has 0 saturated heterocycles. The highest BCUT2D eigenvalue weighted by atomic mass is 35.5. The molecule has 13 heavy (non-hydrogen) atoms. The molecule has 1 unspecified atom stereocenters. The molecule has 1 heterocycles. The van der Waals surface area contributed by atoms with Crippen molar-refractivity contribution < 1.29 is 8.76 Å². The van der Waals surface area contributed by atoms with Gasteiger partial charge >= 0.3 is 0 Å². The maximum absolute atomic E-state index is 10.7. The molecule has 0 aliphatic heterocycles. The van der Waals surface area contributed by atoms with E-state index < -0.39 is 11.1 Å². The van der Waals surface area contributed by atoms with E-state index in [9.17, 15) is 8.76 Å². The molecule has 2 rings (SSSR count). The Bertz CT molecular complexity index is 480. The quantitative estimate of drug-likeness (QED) is 0.739. The summed E-state index contributed by atoms with van der Waals surface area (Å²) in [4.78, 5) is 3.10. The van der Waals surface area contributed by atoms with Gasteiger partial charge in [-0.3, -0.25) is 4.21 Å². The summed E-state index contributed by atoms with van der Waals surface area (Å²) in [6.07, 6.45) is 1.45. The lowest BCUT2D eigenvalue weighted by molar-refractivity contribution is 0.538. The molecule has 0 aliphatic rings. The highest BCUT2D eigenvalue weighted by Gasteiger charge is 2.03. The highest BCUT2D eigenvalue weighted by molar-refractivity contribution is 7.79. The zero-order chi connectivity index (χ0) is 9.42. The molecular weight excluding hydrogens is 210 g/mol. The van der Waals surface area contributed by atoms with E-state index in [0.29, 0.717) is 10.4 Å². The Balaban J connectivity index is 2.76. The molecule has 2 aromatic rings. The third-order valence-corrected chi connectivity index (χ3v) is 2.72. The van der Waals surface area contributed by atoms with Crippen molar-refractivity contribution in [2.45, 2.75) is 4.90 Å². The SMILES string of the molecule is O=S([O-])c1c[nH]c2cc(Cl)ccc12. The Morgan fingerprint density at radius 2 is 2.23 bits per heavy atom. The van der Waals surface area contributed by atoms with Crippen LogP contribution in [0.25, 0.3) is 10.9 Å². The zero-order valence-corrected chi connectivity index (χ0v) is 7.98. The Morgan fingerprint density at radius 1 is 1.46 bits per heavy atom. The number of aromatic amines is 1. The maximum atomic E-state index is 10.7. The van der Waals surface area contributed by atoms with Crippen LogP contribution in [0.1, 0.15) is 0 Å². The van der Waals surface area contributed by atoms with Crippen molar-refractivity contribution in [2.75, 3.05) is 0 Å². The molecule has 3 nitrogen and oxygen atoms in total. The van der Waals surface area contributed by atoms with Crippen molar-refractivity contribution in [3.8, 4) is 0 Å². The van der Waals surface area contributed by atoms with Gasteiger partial charge in [-0.1, -0.05) is 17.7 Å². The average molecular weight is 215 g/mol. The molecule has 68 valence electrons. The van der Waals surface area contributed by atoms with E-state index in [1.165, 1.54) is 6.20 Å². The fourth-order valence-corrected chi connectivity index (χ4v) is 1.89. The van der Waals surface area contributed by atoms with E-state index >= 15 is 0 Å². The largest absolute Gasteiger partial charge is 0.768 e. The van der Waals surface area contributed by atoms with Crippen LogP contribution in [0, 0.1) is 0 Å². The number of halogens is 1. The first-order chi connectivity index (χ1) is 6.18. The lowest BCUT2D eigenvalue weighted by Crippen LogP contribution is -1.85. The lowest BCUT2D eigenvalue weighted by atomic mass is 10.2. The molecular formula is C8H5ClNO2S-. The minimum absolute atomic E-state index is 0.270. The zero-order valence-electron chi connectivity index (χ0n) is 6.41. The van der Waals surface area contributed by atoms with E-state index in [1.54, 1.807) is 18.2 Å². The smallest absolute Gasteiger partial charge is 0.0502 e. The predicted octanol–water partition coefficient (Wildman–Crippen LogP) is 2.06. The van der Waals surface area contributed by atoms with Gasteiger partial charge in [-0.05, 0) is 23.2 Å². The standard InChI is InChI=1S/C8H6ClNO2S/c9-5-1-2-6-7(3-5)10-4-8(6)13(11)12/h1-4,10H,(H,11,12)/p-1. The van der Waals surface area contributed by atoms with Crippen LogP contribution in [0.2, 0.25) is 5.02 Å². The van der Waals surface area contributed by atoms with Gasteiger partial charge in [-0.15, -0.1) is 0 Å². The molecule has 5 heteroatoms. The van der Waals surface area contributed by atoms with Gasteiger partial charge in [0, 0.05) is 22.1 Å². The van der Waals surface area contributed by atoms with Gasteiger partial charge in [0.1, 0.15) is 0 Å². The molecule has 0 aliphatic carbocycles. The second-order valence-electron chi connectivity index (χ2n) is 2.58. The molecule has 0 fully saturated rings. The number of nitrogens with one attached hydrogen (secondary N) is 1. The molecule has 0 saturated carbocycles. The Hall–Kier alpha value is -0.840. The van der Waals surface area contributed by atoms with Crippen LogP contribution in [0.3, 0.4) is 0 Å². The van der Waals surface area contributed by atoms with Gasteiger partial charge < -0.3 is 9.54 Å². The van der Waals surface area contributed by atoms with Crippen LogP contribution >= 0.6 is 11.6 Å². The van der Waals surface area contributed by atoms with Crippen molar-refractivity contribution in [2.24, 2.45) is 0 Å². The summed E-state index contributed by atoms with van der Waals surface area (Å²) in [6.45, 7) is 0. The van der Waals surface area contributed by atoms with Crippen molar-refractivity contribution in [3.63, 3.8) is 0 Å². The summed E-state index contributed by atoms with van der Waals surface area (Å²) in [7, 11) is 0. The summed E-state index contributed by atoms with van der Waals surface area (Å²) < 4.78 is 21.4. The number of rotatable bonds is 1. The van der Waals surface area contributed by atoms with E-state index in [2.05, 4.69) is 4.98 Å². The summed E-state index contributed by atoms with van der Waals surface area (Å²) >= 11 is 3.53. The first-order valence-corrected chi connectivity index (χ1v) is 4.99. The number of benzene rings is 1. The third-order valence-electron chi connectivity index (χ3n) is 1.79. The van der Waals surface area contributed by atoms with E-state index in [-0.39, 0.29) is 4.90 Å². The minimum Gasteiger partial charge on any atom is -0.768 e. The lowest BCUT2D eigenvalue weighted by Gasteiger charge is -2.01. The fourth-order valence-electron chi connectivity index (χ4n) is 1.21. The number of aromatic nitrogens is 1. The molecule has 0 amide bonds. The molecule has 0 radical (unpaired) electrons. The third kappa shape index (κ3) is 1.48. The van der Waals surface area contributed by atoms with Crippen LogP contribution in [0.5, 0.6) is 0 Å². The van der Waals surface area contributed by atoms with E-state index in [0.717, 1.165) is 5.52 Å². The Morgan fingerprint density at radius 3 is 2.92 bits per heavy atom. The van der Waals surface area contributed by atoms with Crippen LogP contribution < -0.4 is 0 Å². The molecule has 1 aromatic heterocycles. The van der Waals surface area contributed by atoms with Crippen molar-refractivity contribution >= 4 is 33.6 Å². The summed E-state index contributed by atoms with van der Waals surface area (Å²) in [6, 6.07) is 5.03. The molecule has 1 N–H and O–H groups in total. The van der Waals surface area contributed by atoms with Gasteiger partial charge in [-0.25, -0.2) is 0 Å². The number of H-pyrrole nitrogens is 1. The predicted molar refractivity (Wildman–Crippen MR) is 50.5 cm³/mol. The Kier molecular flexibility index (Phi) is 2.11. The van der Waals surface area contributed by atoms with E-state index in [1.807, 2.05) is 0 Å². The molecule has 1 aromatic carbocycles. The van der Waals surface area contributed by atoms with Crippen LogP contribution in [0.4, 0.5) is 0 Å².